The Morgan fingerprint density at radius 3 is 2.70 bits per heavy atom. The average molecular weight is 447 g/mol. The van der Waals surface area contributed by atoms with E-state index in [4.69, 9.17) is 27.9 Å². The van der Waals surface area contributed by atoms with E-state index in [-0.39, 0.29) is 23.1 Å². The van der Waals surface area contributed by atoms with Gasteiger partial charge in [-0.3, -0.25) is 4.98 Å². The number of pyridine rings is 1. The summed E-state index contributed by atoms with van der Waals surface area (Å²) in [4.78, 5) is 25.4. The molecule has 0 radical (unpaired) electrons. The van der Waals surface area contributed by atoms with E-state index in [9.17, 15) is 9.18 Å². The zero-order valence-corrected chi connectivity index (χ0v) is 17.6. The van der Waals surface area contributed by atoms with Gasteiger partial charge in [0.15, 0.2) is 11.5 Å². The van der Waals surface area contributed by atoms with E-state index in [0.717, 1.165) is 0 Å². The summed E-state index contributed by atoms with van der Waals surface area (Å²) in [5.74, 6) is -0.797. The number of halogens is 3. The van der Waals surface area contributed by atoms with Crippen LogP contribution in [-0.4, -0.2) is 28.0 Å². The highest BCUT2D eigenvalue weighted by atomic mass is 35.5. The highest BCUT2D eigenvalue weighted by Gasteiger charge is 2.20. The number of esters is 1. The third-order valence-electron chi connectivity index (χ3n) is 4.09. The molecule has 154 valence electrons. The van der Waals surface area contributed by atoms with Gasteiger partial charge in [0.05, 0.1) is 29.4 Å². The van der Waals surface area contributed by atoms with Crippen LogP contribution >= 0.6 is 23.2 Å². The molecule has 2 heterocycles. The molecule has 6 nitrogen and oxygen atoms in total. The molecule has 0 aliphatic carbocycles. The van der Waals surface area contributed by atoms with Crippen LogP contribution in [-0.2, 0) is 11.3 Å². The molecule has 0 unspecified atom stereocenters. The Morgan fingerprint density at radius 1 is 1.23 bits per heavy atom. The second kappa shape index (κ2) is 9.65. The fraction of sp³-hybridized carbons (Fsp3) is 0.143. The number of hydrogen-bond donors (Lipinski definition) is 1. The largest absolute Gasteiger partial charge is 0.464 e. The van der Waals surface area contributed by atoms with Crippen LogP contribution in [0.3, 0.4) is 0 Å². The summed E-state index contributed by atoms with van der Waals surface area (Å²) in [5, 5.41) is 3.59. The van der Waals surface area contributed by atoms with Crippen LogP contribution in [0.2, 0.25) is 10.0 Å². The van der Waals surface area contributed by atoms with Crippen molar-refractivity contribution in [3.05, 3.63) is 75.4 Å². The molecule has 0 aliphatic rings. The molecule has 0 amide bonds. The Bertz CT molecular complexity index is 1120. The molecule has 0 spiro atoms. The van der Waals surface area contributed by atoms with Crippen molar-refractivity contribution in [2.45, 2.75) is 13.5 Å². The fourth-order valence-corrected chi connectivity index (χ4v) is 2.97. The summed E-state index contributed by atoms with van der Waals surface area (Å²) in [6.45, 7) is 2.04. The van der Waals surface area contributed by atoms with Gasteiger partial charge < -0.3 is 10.1 Å². The van der Waals surface area contributed by atoms with Crippen LogP contribution in [0.4, 0.5) is 10.2 Å². The number of rotatable bonds is 6. The Kier molecular flexibility index (Phi) is 6.97. The maximum atomic E-state index is 14.0. The van der Waals surface area contributed by atoms with Crippen LogP contribution < -0.4 is 5.32 Å². The van der Waals surface area contributed by atoms with E-state index in [0.29, 0.717) is 27.7 Å². The van der Waals surface area contributed by atoms with E-state index in [1.165, 1.54) is 19.2 Å². The monoisotopic (exact) mass is 446 g/mol. The molecule has 0 fully saturated rings. The summed E-state index contributed by atoms with van der Waals surface area (Å²) in [5.41, 5.74) is 1.41. The number of nitrogens with one attached hydrogen (secondary N) is 1. The first-order chi connectivity index (χ1) is 14.4. The van der Waals surface area contributed by atoms with Gasteiger partial charge in [-0.2, -0.15) is 0 Å². The number of benzene rings is 1. The lowest BCUT2D eigenvalue weighted by Gasteiger charge is -2.14. The van der Waals surface area contributed by atoms with Gasteiger partial charge in [-0.15, -0.1) is 0 Å². The number of allylic oxidation sites excluding steroid dienone is 1. The van der Waals surface area contributed by atoms with Gasteiger partial charge >= 0.3 is 5.97 Å². The number of anilines is 1. The predicted molar refractivity (Wildman–Crippen MR) is 115 cm³/mol. The number of carbonyl (C=O) groups excluding carboxylic acids is 1. The SMILES string of the molecule is C/C=C\c1c(NCc2ncccc2Cl)nc(-c2ccc(Cl)c(F)c2)nc1C(=O)OC. The molecule has 1 aromatic carbocycles. The van der Waals surface area contributed by atoms with Crippen LogP contribution in [0.1, 0.15) is 28.7 Å². The molecule has 2 aromatic heterocycles. The molecular weight excluding hydrogens is 430 g/mol. The number of aromatic nitrogens is 3. The second-order valence-corrected chi connectivity index (χ2v) is 6.88. The molecule has 0 saturated carbocycles. The number of methoxy groups -OCH3 is 1. The predicted octanol–water partition coefficient (Wildman–Crippen LogP) is 5.42. The van der Waals surface area contributed by atoms with Gasteiger partial charge in [0.1, 0.15) is 11.6 Å². The Labute approximate surface area is 182 Å². The van der Waals surface area contributed by atoms with Gasteiger partial charge in [-0.25, -0.2) is 19.2 Å². The van der Waals surface area contributed by atoms with E-state index in [2.05, 4.69) is 20.3 Å². The van der Waals surface area contributed by atoms with Crippen molar-refractivity contribution < 1.29 is 13.9 Å². The normalized spacial score (nSPS) is 11.0. The van der Waals surface area contributed by atoms with E-state index in [1.54, 1.807) is 43.5 Å². The van der Waals surface area contributed by atoms with Crippen molar-refractivity contribution >= 4 is 41.1 Å². The Hall–Kier alpha value is -3.03. The lowest BCUT2D eigenvalue weighted by Crippen LogP contribution is -2.14. The molecule has 30 heavy (non-hydrogen) atoms. The second-order valence-electron chi connectivity index (χ2n) is 6.06. The molecule has 0 saturated heterocycles. The fourth-order valence-electron chi connectivity index (χ4n) is 2.66. The summed E-state index contributed by atoms with van der Waals surface area (Å²) in [6.07, 6.45) is 5.05. The maximum Gasteiger partial charge on any atom is 0.357 e. The zero-order valence-electron chi connectivity index (χ0n) is 16.1. The molecule has 1 N–H and O–H groups in total. The molecule has 0 aliphatic heterocycles. The minimum Gasteiger partial charge on any atom is -0.464 e. The Morgan fingerprint density at radius 2 is 2.03 bits per heavy atom. The van der Waals surface area contributed by atoms with Crippen LogP contribution in [0.25, 0.3) is 17.5 Å². The van der Waals surface area contributed by atoms with Gasteiger partial charge in [-0.1, -0.05) is 35.4 Å². The smallest absolute Gasteiger partial charge is 0.357 e. The standard InChI is InChI=1S/C21H17Cl2FN4O2/c1-3-5-13-18(21(29)30-2)27-19(12-7-8-14(22)16(24)10-12)28-20(13)26-11-17-15(23)6-4-9-25-17/h3-10H,11H2,1-2H3,(H,26,27,28)/b5-3-. The van der Waals surface area contributed by atoms with Crippen molar-refractivity contribution in [3.63, 3.8) is 0 Å². The van der Waals surface area contributed by atoms with Gasteiger partial charge in [-0.05, 0) is 37.3 Å². The number of nitrogens with zero attached hydrogens (tertiary/aromatic N) is 3. The van der Waals surface area contributed by atoms with Gasteiger partial charge in [0, 0.05) is 17.3 Å². The van der Waals surface area contributed by atoms with Crippen LogP contribution in [0, 0.1) is 5.82 Å². The number of hydrogen-bond acceptors (Lipinski definition) is 6. The molecular formula is C21H17Cl2FN4O2. The van der Waals surface area contributed by atoms with E-state index < -0.39 is 11.8 Å². The van der Waals surface area contributed by atoms with Crippen molar-refractivity contribution in [2.24, 2.45) is 0 Å². The topological polar surface area (TPSA) is 77.0 Å². The van der Waals surface area contributed by atoms with Gasteiger partial charge in [0.2, 0.25) is 0 Å². The van der Waals surface area contributed by atoms with Crippen molar-refractivity contribution in [3.8, 4) is 11.4 Å². The summed E-state index contributed by atoms with van der Waals surface area (Å²) in [7, 11) is 1.26. The first kappa shape index (κ1) is 21.7. The summed E-state index contributed by atoms with van der Waals surface area (Å²) >= 11 is 11.9. The Balaban J connectivity index is 2.12. The third-order valence-corrected chi connectivity index (χ3v) is 4.74. The molecule has 0 atom stereocenters. The van der Waals surface area contributed by atoms with Crippen molar-refractivity contribution in [2.75, 3.05) is 12.4 Å². The molecule has 3 aromatic rings. The zero-order chi connectivity index (χ0) is 21.7. The molecule has 9 heteroatoms. The highest BCUT2D eigenvalue weighted by molar-refractivity contribution is 6.31. The van der Waals surface area contributed by atoms with Crippen LogP contribution in [0.5, 0.6) is 0 Å². The first-order valence-electron chi connectivity index (χ1n) is 8.86. The van der Waals surface area contributed by atoms with Crippen molar-refractivity contribution in [1.29, 1.82) is 0 Å². The van der Waals surface area contributed by atoms with Crippen LogP contribution in [0.15, 0.2) is 42.6 Å². The quantitative estimate of drug-likeness (QED) is 0.509. The summed E-state index contributed by atoms with van der Waals surface area (Å²) < 4.78 is 18.9. The third kappa shape index (κ3) is 4.75. The average Bonchev–Trinajstić information content (AvgIpc) is 2.75. The molecule has 0 bridgehead atoms. The number of ether oxygens (including phenoxy) is 1. The lowest BCUT2D eigenvalue weighted by atomic mass is 10.1. The summed E-state index contributed by atoms with van der Waals surface area (Å²) in [6, 6.07) is 7.61. The maximum absolute atomic E-state index is 14.0. The minimum atomic E-state index is -0.653. The first-order valence-corrected chi connectivity index (χ1v) is 9.62. The number of carbonyl (C=O) groups is 1. The van der Waals surface area contributed by atoms with E-state index in [1.807, 2.05) is 0 Å². The lowest BCUT2D eigenvalue weighted by molar-refractivity contribution is 0.0594. The van der Waals surface area contributed by atoms with Gasteiger partial charge in [0.25, 0.3) is 0 Å². The van der Waals surface area contributed by atoms with Crippen molar-refractivity contribution in [1.82, 2.24) is 15.0 Å². The minimum absolute atomic E-state index is 0.0272. The highest BCUT2D eigenvalue weighted by Crippen LogP contribution is 2.27. The van der Waals surface area contributed by atoms with E-state index >= 15 is 0 Å². The molecule has 3 rings (SSSR count).